The Morgan fingerprint density at radius 1 is 1.12 bits per heavy atom. The zero-order chi connectivity index (χ0) is 17.9. The third-order valence-electron chi connectivity index (χ3n) is 4.05. The van der Waals surface area contributed by atoms with Crippen molar-refractivity contribution in [3.05, 3.63) is 89.3 Å². The molecule has 0 saturated heterocycles. The second-order valence-corrected chi connectivity index (χ2v) is 6.30. The molecule has 128 valence electrons. The first kappa shape index (κ1) is 16.3. The molecule has 0 spiro atoms. The van der Waals surface area contributed by atoms with Gasteiger partial charge in [-0.2, -0.15) is 5.10 Å². The molecule has 0 aliphatic carbocycles. The molecule has 2 heterocycles. The van der Waals surface area contributed by atoms with E-state index in [-0.39, 0.29) is 5.91 Å². The van der Waals surface area contributed by atoms with Crippen molar-refractivity contribution in [2.45, 2.75) is 6.54 Å². The summed E-state index contributed by atoms with van der Waals surface area (Å²) in [6, 6.07) is 16.7. The highest BCUT2D eigenvalue weighted by molar-refractivity contribution is 6.30. The Kier molecular flexibility index (Phi) is 4.37. The maximum Gasteiger partial charge on any atom is 0.251 e. The summed E-state index contributed by atoms with van der Waals surface area (Å²) in [5.41, 5.74) is 3.30. The van der Waals surface area contributed by atoms with Gasteiger partial charge in [0.05, 0.1) is 17.4 Å². The maximum atomic E-state index is 12.4. The van der Waals surface area contributed by atoms with Crippen LogP contribution in [0.2, 0.25) is 5.02 Å². The average Bonchev–Trinajstić information content (AvgIpc) is 3.15. The highest BCUT2D eigenvalue weighted by Gasteiger charge is 2.08. The van der Waals surface area contributed by atoms with Gasteiger partial charge in [-0.3, -0.25) is 9.78 Å². The molecule has 0 radical (unpaired) electrons. The number of benzene rings is 2. The number of rotatable bonds is 4. The molecule has 6 heteroatoms. The van der Waals surface area contributed by atoms with E-state index in [1.807, 2.05) is 54.7 Å². The van der Waals surface area contributed by atoms with Crippen LogP contribution in [0, 0.1) is 0 Å². The summed E-state index contributed by atoms with van der Waals surface area (Å²) in [5.74, 6) is -0.130. The summed E-state index contributed by atoms with van der Waals surface area (Å²) in [4.78, 5) is 16.7. The van der Waals surface area contributed by atoms with E-state index in [1.54, 1.807) is 23.1 Å². The maximum absolute atomic E-state index is 12.4. The van der Waals surface area contributed by atoms with E-state index in [4.69, 9.17) is 11.6 Å². The quantitative estimate of drug-likeness (QED) is 0.596. The SMILES string of the molecule is O=C(NCc1cnn(-c2ccc(Cl)cc2)c1)c1ccc2ncccc2c1. The van der Waals surface area contributed by atoms with E-state index in [1.165, 1.54) is 0 Å². The monoisotopic (exact) mass is 362 g/mol. The zero-order valence-electron chi connectivity index (χ0n) is 13.8. The van der Waals surface area contributed by atoms with Crippen molar-refractivity contribution >= 4 is 28.4 Å². The Morgan fingerprint density at radius 3 is 2.81 bits per heavy atom. The van der Waals surface area contributed by atoms with Crippen molar-refractivity contribution in [2.75, 3.05) is 0 Å². The average molecular weight is 363 g/mol. The van der Waals surface area contributed by atoms with Crippen molar-refractivity contribution in [3.63, 3.8) is 0 Å². The van der Waals surface area contributed by atoms with Crippen molar-refractivity contribution in [2.24, 2.45) is 0 Å². The van der Waals surface area contributed by atoms with Crippen LogP contribution in [0.15, 0.2) is 73.2 Å². The highest BCUT2D eigenvalue weighted by atomic mass is 35.5. The van der Waals surface area contributed by atoms with Crippen molar-refractivity contribution in [1.82, 2.24) is 20.1 Å². The fourth-order valence-electron chi connectivity index (χ4n) is 2.69. The van der Waals surface area contributed by atoms with E-state index < -0.39 is 0 Å². The molecule has 0 aliphatic heterocycles. The lowest BCUT2D eigenvalue weighted by atomic mass is 10.1. The van der Waals surface area contributed by atoms with Crippen molar-refractivity contribution in [1.29, 1.82) is 0 Å². The van der Waals surface area contributed by atoms with Crippen LogP contribution in [0.4, 0.5) is 0 Å². The predicted molar refractivity (Wildman–Crippen MR) is 101 cm³/mol. The van der Waals surface area contributed by atoms with Gasteiger partial charge in [0.25, 0.3) is 5.91 Å². The van der Waals surface area contributed by atoms with Crippen LogP contribution in [0.1, 0.15) is 15.9 Å². The molecule has 0 atom stereocenters. The van der Waals surface area contributed by atoms with E-state index >= 15 is 0 Å². The summed E-state index contributed by atoms with van der Waals surface area (Å²) >= 11 is 5.90. The Labute approximate surface area is 155 Å². The fourth-order valence-corrected chi connectivity index (χ4v) is 2.81. The second kappa shape index (κ2) is 6.98. The largest absolute Gasteiger partial charge is 0.348 e. The Balaban J connectivity index is 1.45. The van der Waals surface area contributed by atoms with Crippen LogP contribution in [0.3, 0.4) is 0 Å². The number of hydrogen-bond donors (Lipinski definition) is 1. The number of pyridine rings is 1. The normalized spacial score (nSPS) is 10.8. The van der Waals surface area contributed by atoms with Gasteiger partial charge >= 0.3 is 0 Å². The van der Waals surface area contributed by atoms with Gasteiger partial charge in [0, 0.05) is 40.5 Å². The minimum absolute atomic E-state index is 0.130. The lowest BCUT2D eigenvalue weighted by molar-refractivity contribution is 0.0951. The molecule has 1 N–H and O–H groups in total. The first-order valence-corrected chi connectivity index (χ1v) is 8.49. The summed E-state index contributed by atoms with van der Waals surface area (Å²) in [6.45, 7) is 0.400. The van der Waals surface area contributed by atoms with Crippen LogP contribution in [0.5, 0.6) is 0 Å². The minimum atomic E-state index is -0.130. The van der Waals surface area contributed by atoms with Gasteiger partial charge in [-0.05, 0) is 48.5 Å². The first-order chi connectivity index (χ1) is 12.7. The van der Waals surface area contributed by atoms with Gasteiger partial charge in [0.1, 0.15) is 0 Å². The number of nitrogens with zero attached hydrogens (tertiary/aromatic N) is 3. The molecule has 0 saturated carbocycles. The number of amides is 1. The van der Waals surface area contributed by atoms with Crippen LogP contribution < -0.4 is 5.32 Å². The lowest BCUT2D eigenvalue weighted by Gasteiger charge is -2.05. The molecule has 26 heavy (non-hydrogen) atoms. The van der Waals surface area contributed by atoms with E-state index in [2.05, 4.69) is 15.4 Å². The number of hydrogen-bond acceptors (Lipinski definition) is 3. The van der Waals surface area contributed by atoms with E-state index in [9.17, 15) is 4.79 Å². The van der Waals surface area contributed by atoms with Gasteiger partial charge in [-0.1, -0.05) is 17.7 Å². The second-order valence-electron chi connectivity index (χ2n) is 5.86. The van der Waals surface area contributed by atoms with Gasteiger partial charge < -0.3 is 5.32 Å². The lowest BCUT2D eigenvalue weighted by Crippen LogP contribution is -2.22. The third kappa shape index (κ3) is 3.43. The highest BCUT2D eigenvalue weighted by Crippen LogP contribution is 2.15. The molecule has 2 aromatic heterocycles. The number of nitrogens with one attached hydrogen (secondary N) is 1. The molecule has 2 aromatic carbocycles. The molecule has 4 rings (SSSR count). The molecular weight excluding hydrogens is 348 g/mol. The number of carbonyl (C=O) groups excluding carboxylic acids is 1. The molecule has 1 amide bonds. The van der Waals surface area contributed by atoms with E-state index in [0.717, 1.165) is 22.2 Å². The Bertz CT molecular complexity index is 1070. The van der Waals surface area contributed by atoms with Crippen LogP contribution >= 0.6 is 11.6 Å². The topological polar surface area (TPSA) is 59.8 Å². The van der Waals surface area contributed by atoms with Gasteiger partial charge in [0.2, 0.25) is 0 Å². The number of carbonyl (C=O) groups is 1. The molecule has 0 unspecified atom stereocenters. The fraction of sp³-hybridized carbons (Fsp3) is 0.0500. The van der Waals surface area contributed by atoms with Crippen molar-refractivity contribution < 1.29 is 4.79 Å². The minimum Gasteiger partial charge on any atom is -0.348 e. The Morgan fingerprint density at radius 2 is 1.96 bits per heavy atom. The third-order valence-corrected chi connectivity index (χ3v) is 4.30. The molecule has 5 nitrogen and oxygen atoms in total. The zero-order valence-corrected chi connectivity index (χ0v) is 14.5. The van der Waals surface area contributed by atoms with Crippen LogP contribution in [-0.2, 0) is 6.54 Å². The molecule has 4 aromatic rings. The van der Waals surface area contributed by atoms with Crippen LogP contribution in [0.25, 0.3) is 16.6 Å². The van der Waals surface area contributed by atoms with Crippen LogP contribution in [-0.4, -0.2) is 20.7 Å². The summed E-state index contributed by atoms with van der Waals surface area (Å²) in [7, 11) is 0. The number of halogens is 1. The smallest absolute Gasteiger partial charge is 0.251 e. The number of aromatic nitrogens is 3. The predicted octanol–water partition coefficient (Wildman–Crippen LogP) is 4.00. The molecular formula is C20H15ClN4O. The van der Waals surface area contributed by atoms with Gasteiger partial charge in [0.15, 0.2) is 0 Å². The summed E-state index contributed by atoms with van der Waals surface area (Å²) < 4.78 is 1.75. The molecule has 0 fully saturated rings. The molecule has 0 aliphatic rings. The Hall–Kier alpha value is -3.18. The molecule has 0 bridgehead atoms. The summed E-state index contributed by atoms with van der Waals surface area (Å²) in [6.07, 6.45) is 5.35. The summed E-state index contributed by atoms with van der Waals surface area (Å²) in [5, 5.41) is 8.86. The van der Waals surface area contributed by atoms with Gasteiger partial charge in [-0.15, -0.1) is 0 Å². The van der Waals surface area contributed by atoms with E-state index in [0.29, 0.717) is 17.1 Å². The standard InChI is InChI=1S/C20H15ClN4O/c21-17-4-6-18(7-5-17)25-13-14(12-24-25)11-23-20(26)16-3-8-19-15(10-16)2-1-9-22-19/h1-10,12-13H,11H2,(H,23,26). The van der Waals surface area contributed by atoms with Crippen molar-refractivity contribution in [3.8, 4) is 5.69 Å². The first-order valence-electron chi connectivity index (χ1n) is 8.11. The number of fused-ring (bicyclic) bond motifs is 1. The van der Waals surface area contributed by atoms with Gasteiger partial charge in [-0.25, -0.2) is 4.68 Å².